The Hall–Kier alpha value is -1.72. The van der Waals surface area contributed by atoms with Crippen molar-refractivity contribution >= 4 is 0 Å². The van der Waals surface area contributed by atoms with Crippen LogP contribution in [0.1, 0.15) is 17.0 Å². The van der Waals surface area contributed by atoms with E-state index in [1.54, 1.807) is 7.05 Å². The summed E-state index contributed by atoms with van der Waals surface area (Å²) >= 11 is 0. The van der Waals surface area contributed by atoms with Crippen molar-refractivity contribution in [3.63, 3.8) is 0 Å². The van der Waals surface area contributed by atoms with Crippen LogP contribution in [0.15, 0.2) is 60.7 Å². The number of hydrogen-bond acceptors (Lipinski definition) is 4. The minimum absolute atomic E-state index is 0.0846. The SMILES string of the molecule is CN(O)C1ON(C)C(Cc2ccccc2)C1c1ccccc1. The average Bonchev–Trinajstić information content (AvgIpc) is 2.86. The van der Waals surface area contributed by atoms with Crippen LogP contribution in [0.3, 0.4) is 0 Å². The molecule has 1 saturated heterocycles. The van der Waals surface area contributed by atoms with Gasteiger partial charge in [-0.3, -0.25) is 4.84 Å². The van der Waals surface area contributed by atoms with Crippen LogP contribution in [-0.4, -0.2) is 41.7 Å². The highest BCUT2D eigenvalue weighted by Gasteiger charge is 2.44. The van der Waals surface area contributed by atoms with Crippen LogP contribution in [0.2, 0.25) is 0 Å². The van der Waals surface area contributed by atoms with Crippen molar-refractivity contribution in [2.75, 3.05) is 14.1 Å². The molecule has 116 valence electrons. The molecule has 0 bridgehead atoms. The van der Waals surface area contributed by atoms with Gasteiger partial charge in [-0.05, 0) is 17.5 Å². The maximum Gasteiger partial charge on any atom is 0.162 e. The van der Waals surface area contributed by atoms with Gasteiger partial charge in [0.15, 0.2) is 6.23 Å². The van der Waals surface area contributed by atoms with Gasteiger partial charge in [0.05, 0.1) is 0 Å². The van der Waals surface area contributed by atoms with Crippen molar-refractivity contribution in [2.24, 2.45) is 0 Å². The molecule has 2 aromatic rings. The number of nitrogens with zero attached hydrogens (tertiary/aromatic N) is 2. The van der Waals surface area contributed by atoms with E-state index in [1.807, 2.05) is 36.4 Å². The zero-order valence-corrected chi connectivity index (χ0v) is 13.0. The topological polar surface area (TPSA) is 35.9 Å². The lowest BCUT2D eigenvalue weighted by Gasteiger charge is -2.25. The zero-order valence-electron chi connectivity index (χ0n) is 13.0. The van der Waals surface area contributed by atoms with E-state index in [0.29, 0.717) is 0 Å². The largest absolute Gasteiger partial charge is 0.312 e. The third-order valence-electron chi connectivity index (χ3n) is 4.30. The van der Waals surface area contributed by atoms with Gasteiger partial charge in [0.1, 0.15) is 0 Å². The fourth-order valence-electron chi connectivity index (χ4n) is 3.20. The summed E-state index contributed by atoms with van der Waals surface area (Å²) < 4.78 is 0. The molecule has 0 amide bonds. The first-order valence-corrected chi connectivity index (χ1v) is 7.57. The maximum absolute atomic E-state index is 9.97. The Bertz CT molecular complexity index is 589. The van der Waals surface area contributed by atoms with Crippen molar-refractivity contribution < 1.29 is 10.0 Å². The van der Waals surface area contributed by atoms with Crippen LogP contribution < -0.4 is 0 Å². The van der Waals surface area contributed by atoms with Crippen LogP contribution in [0.4, 0.5) is 0 Å². The van der Waals surface area contributed by atoms with Crippen LogP contribution in [0.25, 0.3) is 0 Å². The highest BCUT2D eigenvalue weighted by molar-refractivity contribution is 5.26. The normalized spacial score (nSPS) is 25.7. The predicted octanol–water partition coefficient (Wildman–Crippen LogP) is 2.91. The quantitative estimate of drug-likeness (QED) is 0.881. The van der Waals surface area contributed by atoms with Gasteiger partial charge < -0.3 is 5.21 Å². The first kappa shape index (κ1) is 15.2. The van der Waals surface area contributed by atoms with E-state index in [2.05, 4.69) is 36.4 Å². The Labute approximate surface area is 131 Å². The van der Waals surface area contributed by atoms with Crippen molar-refractivity contribution in [3.05, 3.63) is 71.8 Å². The van der Waals surface area contributed by atoms with Crippen molar-refractivity contribution in [3.8, 4) is 0 Å². The van der Waals surface area contributed by atoms with Crippen molar-refractivity contribution in [2.45, 2.75) is 24.6 Å². The highest BCUT2D eigenvalue weighted by atomic mass is 16.7. The van der Waals surface area contributed by atoms with Crippen LogP contribution >= 0.6 is 0 Å². The molecular formula is C18H22N2O2. The third-order valence-corrected chi connectivity index (χ3v) is 4.30. The summed E-state index contributed by atoms with van der Waals surface area (Å²) in [6.07, 6.45) is 0.502. The van der Waals surface area contributed by atoms with Gasteiger partial charge in [-0.1, -0.05) is 60.7 Å². The smallest absolute Gasteiger partial charge is 0.162 e. The van der Waals surface area contributed by atoms with Crippen molar-refractivity contribution in [1.82, 2.24) is 10.1 Å². The van der Waals surface area contributed by atoms with E-state index in [9.17, 15) is 5.21 Å². The molecule has 22 heavy (non-hydrogen) atoms. The Balaban J connectivity index is 1.91. The molecule has 1 heterocycles. The molecular weight excluding hydrogens is 276 g/mol. The molecule has 3 atom stereocenters. The summed E-state index contributed by atoms with van der Waals surface area (Å²) in [5.74, 6) is 0.0846. The molecule has 0 aromatic heterocycles. The molecule has 0 spiro atoms. The number of benzene rings is 2. The fourth-order valence-corrected chi connectivity index (χ4v) is 3.20. The Kier molecular flexibility index (Phi) is 4.55. The van der Waals surface area contributed by atoms with Gasteiger partial charge in [0.2, 0.25) is 0 Å². The van der Waals surface area contributed by atoms with Gasteiger partial charge in [-0.2, -0.15) is 10.1 Å². The number of hydroxylamine groups is 4. The summed E-state index contributed by atoms with van der Waals surface area (Å²) in [7, 11) is 3.58. The second-order valence-corrected chi connectivity index (χ2v) is 5.81. The maximum atomic E-state index is 9.97. The summed E-state index contributed by atoms with van der Waals surface area (Å²) in [6.45, 7) is 0. The molecule has 1 aliphatic rings. The fraction of sp³-hybridized carbons (Fsp3) is 0.333. The lowest BCUT2D eigenvalue weighted by Crippen LogP contribution is -2.35. The molecule has 4 heteroatoms. The van der Waals surface area contributed by atoms with Crippen LogP contribution in [-0.2, 0) is 11.3 Å². The molecule has 0 saturated carbocycles. The van der Waals surface area contributed by atoms with E-state index in [0.717, 1.165) is 6.42 Å². The second kappa shape index (κ2) is 6.58. The minimum Gasteiger partial charge on any atom is -0.312 e. The van der Waals surface area contributed by atoms with Crippen molar-refractivity contribution in [1.29, 1.82) is 0 Å². The van der Waals surface area contributed by atoms with E-state index >= 15 is 0 Å². The molecule has 4 nitrogen and oxygen atoms in total. The number of hydrogen-bond donors (Lipinski definition) is 1. The first-order chi connectivity index (χ1) is 10.7. The molecule has 1 fully saturated rings. The van der Waals surface area contributed by atoms with E-state index in [-0.39, 0.29) is 18.2 Å². The summed E-state index contributed by atoms with van der Waals surface area (Å²) in [4.78, 5) is 5.88. The minimum atomic E-state index is -0.374. The lowest BCUT2D eigenvalue weighted by molar-refractivity contribution is -0.254. The third kappa shape index (κ3) is 3.05. The van der Waals surface area contributed by atoms with Crippen LogP contribution in [0, 0.1) is 0 Å². The van der Waals surface area contributed by atoms with E-state index in [1.165, 1.54) is 16.2 Å². The monoisotopic (exact) mass is 298 g/mol. The molecule has 0 aliphatic carbocycles. The van der Waals surface area contributed by atoms with Gasteiger partial charge in [-0.15, -0.1) is 0 Å². The van der Waals surface area contributed by atoms with Gasteiger partial charge in [0.25, 0.3) is 0 Å². The van der Waals surface area contributed by atoms with E-state index < -0.39 is 0 Å². The lowest BCUT2D eigenvalue weighted by atomic mass is 9.87. The number of likely N-dealkylation sites (N-methyl/N-ethyl adjacent to an activating group) is 2. The van der Waals surface area contributed by atoms with Crippen LogP contribution in [0.5, 0.6) is 0 Å². The summed E-state index contributed by atoms with van der Waals surface area (Å²) in [5.41, 5.74) is 2.45. The molecule has 3 rings (SSSR count). The van der Waals surface area contributed by atoms with E-state index in [4.69, 9.17) is 4.84 Å². The molecule has 0 radical (unpaired) electrons. The predicted molar refractivity (Wildman–Crippen MR) is 85.3 cm³/mol. The van der Waals surface area contributed by atoms with Gasteiger partial charge >= 0.3 is 0 Å². The Morgan fingerprint density at radius 3 is 2.23 bits per heavy atom. The second-order valence-electron chi connectivity index (χ2n) is 5.81. The average molecular weight is 298 g/mol. The zero-order chi connectivity index (χ0) is 15.5. The highest BCUT2D eigenvalue weighted by Crippen LogP contribution is 2.37. The molecule has 1 N–H and O–H groups in total. The molecule has 3 unspecified atom stereocenters. The van der Waals surface area contributed by atoms with Gasteiger partial charge in [0, 0.05) is 26.1 Å². The first-order valence-electron chi connectivity index (χ1n) is 7.57. The summed E-state index contributed by atoms with van der Waals surface area (Å²) in [5, 5.41) is 13.0. The van der Waals surface area contributed by atoms with Gasteiger partial charge in [-0.25, -0.2) is 0 Å². The Morgan fingerprint density at radius 2 is 1.64 bits per heavy atom. The molecule has 1 aliphatic heterocycles. The Morgan fingerprint density at radius 1 is 1.05 bits per heavy atom. The number of rotatable bonds is 4. The standard InChI is InChI=1S/C18H22N2O2/c1-19(21)18-17(15-11-7-4-8-12-15)16(20(2)22-18)13-14-9-5-3-6-10-14/h3-12,16-18,21H,13H2,1-2H3. The molecule has 2 aromatic carbocycles. The summed E-state index contributed by atoms with van der Waals surface area (Å²) in [6, 6.07) is 20.8.